The predicted molar refractivity (Wildman–Crippen MR) is 107 cm³/mol. The van der Waals surface area contributed by atoms with Crippen molar-refractivity contribution < 1.29 is 17.6 Å². The van der Waals surface area contributed by atoms with Gasteiger partial charge in [0.1, 0.15) is 5.58 Å². The Morgan fingerprint density at radius 1 is 1.26 bits per heavy atom. The summed E-state index contributed by atoms with van der Waals surface area (Å²) < 4.78 is 29.9. The molecule has 2 aromatic heterocycles. The maximum atomic E-state index is 13.4. The average Bonchev–Trinajstić information content (AvgIpc) is 3.30. The maximum Gasteiger partial charge on any atom is 0.290 e. The van der Waals surface area contributed by atoms with Crippen LogP contribution in [0.25, 0.3) is 11.0 Å². The monoisotopic (exact) mass is 403 g/mol. The molecule has 142 valence electrons. The van der Waals surface area contributed by atoms with E-state index in [1.807, 2.05) is 49.6 Å². The lowest BCUT2D eigenvalue weighted by Gasteiger charge is -2.27. The molecule has 0 bridgehead atoms. The summed E-state index contributed by atoms with van der Waals surface area (Å²) in [6, 6.07) is 9.24. The molecule has 0 radical (unpaired) electrons. The highest BCUT2D eigenvalue weighted by Crippen LogP contribution is 2.30. The number of carbonyl (C=O) groups is 1. The molecule has 0 unspecified atom stereocenters. The molecule has 4 rings (SSSR count). The fourth-order valence-corrected chi connectivity index (χ4v) is 6.25. The van der Waals surface area contributed by atoms with Crippen LogP contribution in [0.1, 0.15) is 33.0 Å². The number of furan rings is 1. The van der Waals surface area contributed by atoms with E-state index in [1.54, 1.807) is 16.2 Å². The summed E-state index contributed by atoms with van der Waals surface area (Å²) in [5, 5.41) is 2.90. The number of benzene rings is 1. The Morgan fingerprint density at radius 3 is 2.67 bits per heavy atom. The van der Waals surface area contributed by atoms with Crippen molar-refractivity contribution in [2.45, 2.75) is 32.9 Å². The van der Waals surface area contributed by atoms with E-state index in [2.05, 4.69) is 0 Å². The molecule has 1 aliphatic rings. The third-order valence-electron chi connectivity index (χ3n) is 5.23. The number of fused-ring (bicyclic) bond motifs is 1. The number of para-hydroxylation sites is 1. The van der Waals surface area contributed by atoms with E-state index in [1.165, 1.54) is 0 Å². The minimum atomic E-state index is -3.10. The summed E-state index contributed by atoms with van der Waals surface area (Å²) in [5.41, 5.74) is 2.58. The van der Waals surface area contributed by atoms with Crippen molar-refractivity contribution in [2.75, 3.05) is 11.5 Å². The van der Waals surface area contributed by atoms with E-state index in [0.717, 1.165) is 21.4 Å². The summed E-state index contributed by atoms with van der Waals surface area (Å²) in [6.07, 6.45) is 0.470. The number of sulfone groups is 1. The van der Waals surface area contributed by atoms with Gasteiger partial charge in [-0.2, -0.15) is 0 Å². The third kappa shape index (κ3) is 3.41. The molecule has 3 aromatic rings. The number of amides is 1. The molecule has 1 aromatic carbocycles. The Hall–Kier alpha value is -2.12. The van der Waals surface area contributed by atoms with Gasteiger partial charge in [0.05, 0.1) is 18.1 Å². The quantitative estimate of drug-likeness (QED) is 0.662. The smallest absolute Gasteiger partial charge is 0.290 e. The van der Waals surface area contributed by atoms with Crippen LogP contribution in [0, 0.1) is 13.8 Å². The van der Waals surface area contributed by atoms with Crippen LogP contribution >= 0.6 is 11.3 Å². The molecule has 0 aliphatic carbocycles. The number of rotatable bonds is 4. The fraction of sp³-hybridized carbons (Fsp3) is 0.350. The molecule has 3 heterocycles. The highest BCUT2D eigenvalue weighted by molar-refractivity contribution is 7.91. The number of hydrogen-bond acceptors (Lipinski definition) is 5. The highest BCUT2D eigenvalue weighted by Gasteiger charge is 2.37. The SMILES string of the molecule is Cc1ccsc1CN(C(=O)c1oc2ccccc2c1C)[C@H]1CCS(=O)(=O)C1. The maximum absolute atomic E-state index is 13.4. The van der Waals surface area contributed by atoms with Gasteiger partial charge in [0.25, 0.3) is 5.91 Å². The van der Waals surface area contributed by atoms with Crippen LogP contribution in [0.15, 0.2) is 40.1 Å². The van der Waals surface area contributed by atoms with Gasteiger partial charge in [-0.05, 0) is 43.3 Å². The Kier molecular flexibility index (Phi) is 4.60. The number of carbonyl (C=O) groups excluding carboxylic acids is 1. The lowest BCUT2D eigenvalue weighted by Crippen LogP contribution is -2.40. The van der Waals surface area contributed by atoms with Crippen LogP contribution in [0.3, 0.4) is 0 Å². The van der Waals surface area contributed by atoms with Gasteiger partial charge in [-0.25, -0.2) is 8.42 Å². The average molecular weight is 404 g/mol. The molecule has 7 heteroatoms. The molecule has 1 saturated heterocycles. The van der Waals surface area contributed by atoms with Gasteiger partial charge >= 0.3 is 0 Å². The Labute approximate surface area is 162 Å². The lowest BCUT2D eigenvalue weighted by molar-refractivity contribution is 0.0651. The summed E-state index contributed by atoms with van der Waals surface area (Å²) >= 11 is 1.58. The molecule has 0 saturated carbocycles. The van der Waals surface area contributed by atoms with Crippen molar-refractivity contribution in [3.63, 3.8) is 0 Å². The van der Waals surface area contributed by atoms with Crippen molar-refractivity contribution in [3.05, 3.63) is 57.5 Å². The first kappa shape index (κ1) is 18.3. The Morgan fingerprint density at radius 2 is 2.04 bits per heavy atom. The van der Waals surface area contributed by atoms with Crippen LogP contribution in [-0.2, 0) is 16.4 Å². The molecular formula is C20H21NO4S2. The van der Waals surface area contributed by atoms with Crippen molar-refractivity contribution in [2.24, 2.45) is 0 Å². The Bertz CT molecular complexity index is 1110. The van der Waals surface area contributed by atoms with Crippen LogP contribution in [0.4, 0.5) is 0 Å². The summed E-state index contributed by atoms with van der Waals surface area (Å²) in [5.74, 6) is 0.209. The minimum absolute atomic E-state index is 0.0163. The van der Waals surface area contributed by atoms with Crippen LogP contribution in [0.5, 0.6) is 0 Å². The first-order valence-corrected chi connectivity index (χ1v) is 11.6. The first-order valence-electron chi connectivity index (χ1n) is 8.88. The number of thiophene rings is 1. The molecular weight excluding hydrogens is 382 g/mol. The number of aryl methyl sites for hydroxylation is 2. The van der Waals surface area contributed by atoms with Gasteiger partial charge in [-0.3, -0.25) is 4.79 Å². The van der Waals surface area contributed by atoms with E-state index in [-0.39, 0.29) is 23.5 Å². The van der Waals surface area contributed by atoms with Crippen LogP contribution in [-0.4, -0.2) is 36.8 Å². The van der Waals surface area contributed by atoms with Crippen molar-refractivity contribution in [1.82, 2.24) is 4.90 Å². The topological polar surface area (TPSA) is 67.6 Å². The summed E-state index contributed by atoms with van der Waals surface area (Å²) in [7, 11) is -3.10. The molecule has 5 nitrogen and oxygen atoms in total. The van der Waals surface area contributed by atoms with Gasteiger partial charge in [0.15, 0.2) is 15.6 Å². The minimum Gasteiger partial charge on any atom is -0.451 e. The van der Waals surface area contributed by atoms with Gasteiger partial charge in [0, 0.05) is 21.9 Å². The summed E-state index contributed by atoms with van der Waals surface area (Å²) in [6.45, 7) is 4.28. The molecule has 1 aliphatic heterocycles. The zero-order valence-electron chi connectivity index (χ0n) is 15.3. The highest BCUT2D eigenvalue weighted by atomic mass is 32.2. The fourth-order valence-electron chi connectivity index (χ4n) is 3.62. The van der Waals surface area contributed by atoms with Gasteiger partial charge in [-0.15, -0.1) is 11.3 Å². The van der Waals surface area contributed by atoms with E-state index < -0.39 is 9.84 Å². The van der Waals surface area contributed by atoms with Crippen molar-refractivity contribution in [1.29, 1.82) is 0 Å². The molecule has 1 amide bonds. The zero-order chi connectivity index (χ0) is 19.2. The van der Waals surface area contributed by atoms with E-state index in [9.17, 15) is 13.2 Å². The largest absolute Gasteiger partial charge is 0.451 e. The summed E-state index contributed by atoms with van der Waals surface area (Å²) in [4.78, 5) is 16.2. The van der Waals surface area contributed by atoms with Gasteiger partial charge in [-0.1, -0.05) is 18.2 Å². The van der Waals surface area contributed by atoms with E-state index in [4.69, 9.17) is 4.42 Å². The predicted octanol–water partition coefficient (Wildman–Crippen LogP) is 3.94. The standard InChI is InChI=1S/C20H21NO4S2/c1-13-7-9-26-18(13)11-21(15-8-10-27(23,24)12-15)20(22)19-14(2)16-5-3-4-6-17(16)25-19/h3-7,9,15H,8,10-12H2,1-2H3/t15-/m0/s1. The molecule has 0 N–H and O–H groups in total. The third-order valence-corrected chi connectivity index (χ3v) is 7.99. The molecule has 27 heavy (non-hydrogen) atoms. The molecule has 1 atom stereocenters. The van der Waals surface area contributed by atoms with Gasteiger partial charge in [0.2, 0.25) is 0 Å². The number of hydrogen-bond donors (Lipinski definition) is 0. The lowest BCUT2D eigenvalue weighted by atomic mass is 10.1. The second kappa shape index (κ2) is 6.80. The van der Waals surface area contributed by atoms with Crippen molar-refractivity contribution in [3.8, 4) is 0 Å². The number of nitrogens with zero attached hydrogens (tertiary/aromatic N) is 1. The van der Waals surface area contributed by atoms with Crippen LogP contribution in [0.2, 0.25) is 0 Å². The molecule has 1 fully saturated rings. The zero-order valence-corrected chi connectivity index (χ0v) is 16.9. The van der Waals surface area contributed by atoms with Crippen molar-refractivity contribution >= 4 is 38.1 Å². The van der Waals surface area contributed by atoms with E-state index in [0.29, 0.717) is 24.3 Å². The first-order chi connectivity index (χ1) is 12.9. The van der Waals surface area contributed by atoms with E-state index >= 15 is 0 Å². The van der Waals surface area contributed by atoms with Gasteiger partial charge < -0.3 is 9.32 Å². The van der Waals surface area contributed by atoms with Crippen LogP contribution < -0.4 is 0 Å². The normalized spacial score (nSPS) is 18.8. The Balaban J connectivity index is 1.73. The second-order valence-electron chi connectivity index (χ2n) is 7.07. The second-order valence-corrected chi connectivity index (χ2v) is 10.3. The molecule has 0 spiro atoms.